The third-order valence-corrected chi connectivity index (χ3v) is 5.24. The second-order valence-corrected chi connectivity index (χ2v) is 8.45. The predicted octanol–water partition coefficient (Wildman–Crippen LogP) is 2.12. The van der Waals surface area contributed by atoms with Gasteiger partial charge in [0.2, 0.25) is 0 Å². The number of benzene rings is 2. The van der Waals surface area contributed by atoms with Gasteiger partial charge in [-0.25, -0.2) is 8.42 Å². The minimum absolute atomic E-state index is 0. The Labute approximate surface area is 167 Å². The molecule has 0 bridgehead atoms. The maximum Gasteiger partial charge on any atom is 1.00 e. The van der Waals surface area contributed by atoms with Crippen LogP contribution in [0.3, 0.4) is 0 Å². The number of hydrogen-bond donors (Lipinski definition) is 0. The van der Waals surface area contributed by atoms with E-state index in [1.54, 1.807) is 6.07 Å². The van der Waals surface area contributed by atoms with Crippen LogP contribution in [0.4, 0.5) is 0 Å². The van der Waals surface area contributed by atoms with Gasteiger partial charge in [-0.2, -0.15) is 0 Å². The van der Waals surface area contributed by atoms with Crippen LogP contribution in [0.25, 0.3) is 10.8 Å². The molecule has 0 aliphatic heterocycles. The van der Waals surface area contributed by atoms with Gasteiger partial charge in [0.05, 0.1) is 4.90 Å². The van der Waals surface area contributed by atoms with E-state index in [0.717, 1.165) is 16.3 Å². The second kappa shape index (κ2) is 7.88. The molecule has 0 N–H and O–H groups in total. The summed E-state index contributed by atoms with van der Waals surface area (Å²) in [5.41, 5.74) is 2.86. The van der Waals surface area contributed by atoms with Crippen molar-refractivity contribution in [3.05, 3.63) is 41.0 Å². The smallest absolute Gasteiger partial charge is 0.744 e. The van der Waals surface area contributed by atoms with Crippen LogP contribution in [0, 0.1) is 0 Å². The third-order valence-electron chi connectivity index (χ3n) is 4.35. The van der Waals surface area contributed by atoms with Crippen LogP contribution in [0.2, 0.25) is 0 Å². The third kappa shape index (κ3) is 4.23. The molecule has 2 rings (SSSR count). The molecule has 0 spiro atoms. The van der Waals surface area contributed by atoms with Gasteiger partial charge in [0.25, 0.3) is 0 Å². The fraction of sp³-hybridized carbons (Fsp3) is 0.474. The number of rotatable bonds is 4. The number of hydrogen-bond acceptors (Lipinski definition) is 3. The van der Waals surface area contributed by atoms with Gasteiger partial charge in [0, 0.05) is 0 Å². The molecule has 24 heavy (non-hydrogen) atoms. The molecule has 0 aliphatic carbocycles. The van der Waals surface area contributed by atoms with Crippen LogP contribution in [-0.4, -0.2) is 13.0 Å². The Bertz CT molecular complexity index is 837. The molecule has 126 valence electrons. The first kappa shape index (κ1) is 21.7. The van der Waals surface area contributed by atoms with Gasteiger partial charge in [0.15, 0.2) is 0 Å². The Kier molecular flexibility index (Phi) is 7.11. The van der Waals surface area contributed by atoms with Gasteiger partial charge in [-0.05, 0) is 57.3 Å². The first-order valence-corrected chi connectivity index (χ1v) is 9.51. The van der Waals surface area contributed by atoms with Crippen LogP contribution >= 0.6 is 0 Å². The van der Waals surface area contributed by atoms with Gasteiger partial charge in [-0.15, -0.1) is 0 Å². The molecule has 0 saturated heterocycles. The van der Waals surface area contributed by atoms with Crippen molar-refractivity contribution < 1.29 is 42.5 Å². The van der Waals surface area contributed by atoms with Gasteiger partial charge in [-0.3, -0.25) is 0 Å². The van der Waals surface area contributed by atoms with E-state index < -0.39 is 10.1 Å². The maximum absolute atomic E-state index is 11.7. The molecule has 0 atom stereocenters. The fourth-order valence-corrected chi connectivity index (χ4v) is 3.95. The van der Waals surface area contributed by atoms with Gasteiger partial charge >= 0.3 is 29.6 Å². The van der Waals surface area contributed by atoms with Crippen molar-refractivity contribution in [1.29, 1.82) is 0 Å². The summed E-state index contributed by atoms with van der Waals surface area (Å²) in [5.74, 6) is 0.556. The molecule has 0 unspecified atom stereocenters. The SMILES string of the molecule is CC(C)c1cc2c(C(C)C)ccc(C(C)C)c2cc1S(=O)(=O)[O-].[Na+]. The van der Waals surface area contributed by atoms with Crippen molar-refractivity contribution in [2.24, 2.45) is 0 Å². The summed E-state index contributed by atoms with van der Waals surface area (Å²) < 4.78 is 35.2. The van der Waals surface area contributed by atoms with Gasteiger partial charge in [0.1, 0.15) is 10.1 Å². The van der Waals surface area contributed by atoms with Crippen molar-refractivity contribution in [2.45, 2.75) is 64.2 Å². The van der Waals surface area contributed by atoms with E-state index in [0.29, 0.717) is 11.5 Å². The molecule has 0 saturated carbocycles. The standard InChI is InChI=1S/C19H26O3S.Na/c1-11(2)14-7-8-15(12(3)4)18-10-19(23(20,21)22)16(13(5)6)9-17(14)18;/h7-13H,1-6H3,(H,20,21,22);/q;+1/p-1. The second-order valence-electron chi connectivity index (χ2n) is 7.10. The quantitative estimate of drug-likeness (QED) is 0.623. The Morgan fingerprint density at radius 2 is 1.12 bits per heavy atom. The Hall–Kier alpha value is -0.390. The van der Waals surface area contributed by atoms with Crippen LogP contribution in [0.1, 0.15) is 76.0 Å². The minimum atomic E-state index is -4.50. The zero-order valence-corrected chi connectivity index (χ0v) is 18.5. The van der Waals surface area contributed by atoms with E-state index >= 15 is 0 Å². The molecule has 3 nitrogen and oxygen atoms in total. The van der Waals surface area contributed by atoms with E-state index in [4.69, 9.17) is 0 Å². The molecule has 0 amide bonds. The van der Waals surface area contributed by atoms with Gasteiger partial charge in [-0.1, -0.05) is 53.7 Å². The van der Waals surface area contributed by atoms with Crippen molar-refractivity contribution in [1.82, 2.24) is 0 Å². The molecule has 0 aromatic heterocycles. The first-order chi connectivity index (χ1) is 10.5. The monoisotopic (exact) mass is 356 g/mol. The summed E-state index contributed by atoms with van der Waals surface area (Å²) in [5, 5.41) is 1.94. The van der Waals surface area contributed by atoms with Crippen LogP contribution in [0.5, 0.6) is 0 Å². The molecular formula is C19H25NaO3S. The van der Waals surface area contributed by atoms with Gasteiger partial charge < -0.3 is 4.55 Å². The zero-order valence-electron chi connectivity index (χ0n) is 15.7. The van der Waals surface area contributed by atoms with E-state index in [1.165, 1.54) is 5.56 Å². The Morgan fingerprint density at radius 3 is 1.46 bits per heavy atom. The predicted molar refractivity (Wildman–Crippen MR) is 94.2 cm³/mol. The van der Waals surface area contributed by atoms with E-state index in [1.807, 2.05) is 19.9 Å². The normalized spacial score (nSPS) is 12.2. The fourth-order valence-electron chi connectivity index (χ4n) is 3.11. The van der Waals surface area contributed by atoms with Crippen molar-refractivity contribution in [3.63, 3.8) is 0 Å². The molecule has 0 radical (unpaired) electrons. The number of fused-ring (bicyclic) bond motifs is 1. The Morgan fingerprint density at radius 1 is 0.750 bits per heavy atom. The molecule has 5 heteroatoms. The average Bonchev–Trinajstić information content (AvgIpc) is 2.42. The first-order valence-electron chi connectivity index (χ1n) is 8.10. The zero-order chi connectivity index (χ0) is 17.5. The van der Waals surface area contributed by atoms with E-state index in [-0.39, 0.29) is 46.3 Å². The van der Waals surface area contributed by atoms with Crippen LogP contribution < -0.4 is 29.6 Å². The summed E-state index contributed by atoms with van der Waals surface area (Å²) in [7, 11) is -4.50. The van der Waals surface area contributed by atoms with Crippen LogP contribution in [0.15, 0.2) is 29.2 Å². The average molecular weight is 356 g/mol. The van der Waals surface area contributed by atoms with Crippen molar-refractivity contribution >= 4 is 20.9 Å². The maximum atomic E-state index is 11.7. The summed E-state index contributed by atoms with van der Waals surface area (Å²) in [4.78, 5) is -0.0807. The molecule has 2 aromatic carbocycles. The topological polar surface area (TPSA) is 57.2 Å². The molecule has 0 fully saturated rings. The molecular weight excluding hydrogens is 331 g/mol. The summed E-state index contributed by atoms with van der Waals surface area (Å²) >= 11 is 0. The minimum Gasteiger partial charge on any atom is -0.744 e. The van der Waals surface area contributed by atoms with E-state index in [2.05, 4.69) is 39.8 Å². The molecule has 0 aliphatic rings. The summed E-state index contributed by atoms with van der Waals surface area (Å²) in [6, 6.07) is 7.68. The summed E-state index contributed by atoms with van der Waals surface area (Å²) in [6.07, 6.45) is 0. The molecule has 0 heterocycles. The summed E-state index contributed by atoms with van der Waals surface area (Å²) in [6.45, 7) is 12.2. The Balaban J connectivity index is 0.00000288. The van der Waals surface area contributed by atoms with Crippen molar-refractivity contribution in [2.75, 3.05) is 0 Å². The largest absolute Gasteiger partial charge is 1.00 e. The van der Waals surface area contributed by atoms with Crippen LogP contribution in [-0.2, 0) is 10.1 Å². The molecule has 2 aromatic rings. The van der Waals surface area contributed by atoms with Crippen molar-refractivity contribution in [3.8, 4) is 0 Å². The van der Waals surface area contributed by atoms with E-state index in [9.17, 15) is 13.0 Å².